The molecule has 0 aromatic heterocycles. The van der Waals surface area contributed by atoms with Crippen molar-refractivity contribution in [2.45, 2.75) is 74.8 Å². The SMILES string of the molecule is CC1=CC(C)(C)c2cc3c(cc21)-c1cc2c(cc1[CH]3[Zr+2]([C]1=CC=CC1)=[C](c1cccc(C(F)(F)F)c1)c1cccc(C(F)(F)F)c1)C(C)(C)C=C2C.[Cl-].[Cl-]. The van der Waals surface area contributed by atoms with Crippen molar-refractivity contribution in [2.24, 2.45) is 0 Å². The minimum absolute atomic E-state index is 0. The molecule has 0 fully saturated rings. The van der Waals surface area contributed by atoms with Crippen LogP contribution in [0.5, 0.6) is 0 Å². The minimum Gasteiger partial charge on any atom is -1.00 e. The Morgan fingerprint density at radius 3 is 1.46 bits per heavy atom. The molecule has 278 valence electrons. The molecule has 0 N–H and O–H groups in total. The quantitative estimate of drug-likeness (QED) is 0.196. The average Bonchev–Trinajstić information content (AvgIpc) is 3.81. The van der Waals surface area contributed by atoms with Crippen molar-refractivity contribution >= 4 is 14.4 Å². The summed E-state index contributed by atoms with van der Waals surface area (Å²) in [7, 11) is 0. The molecule has 4 aromatic carbocycles. The molecule has 0 heterocycles. The van der Waals surface area contributed by atoms with Gasteiger partial charge in [0, 0.05) is 0 Å². The first-order valence-electron chi connectivity index (χ1n) is 17.6. The minimum atomic E-state index is -4.62. The summed E-state index contributed by atoms with van der Waals surface area (Å²) in [5.41, 5.74) is 10.3. The van der Waals surface area contributed by atoms with Crippen LogP contribution in [-0.4, -0.2) is 3.21 Å². The van der Waals surface area contributed by atoms with E-state index in [0.717, 1.165) is 49.8 Å². The molecule has 0 amide bonds. The van der Waals surface area contributed by atoms with Crippen molar-refractivity contribution in [2.75, 3.05) is 0 Å². The number of halogens is 8. The van der Waals surface area contributed by atoms with E-state index in [1.165, 1.54) is 45.5 Å². The molecule has 9 heteroatoms. The first kappa shape index (κ1) is 40.4. The smallest absolute Gasteiger partial charge is 1.00 e. The number of hydrogen-bond acceptors (Lipinski definition) is 0. The third-order valence-corrected chi connectivity index (χ3v) is 19.6. The third kappa shape index (κ3) is 6.60. The summed E-state index contributed by atoms with van der Waals surface area (Å²) >= 11 is -3.66. The topological polar surface area (TPSA) is 0 Å². The summed E-state index contributed by atoms with van der Waals surface area (Å²) < 4.78 is 87.6. The van der Waals surface area contributed by atoms with Crippen LogP contribution < -0.4 is 24.8 Å². The van der Waals surface area contributed by atoms with Crippen LogP contribution in [-0.2, 0) is 44.4 Å². The van der Waals surface area contributed by atoms with Crippen LogP contribution in [0.1, 0.15) is 107 Å². The largest absolute Gasteiger partial charge is 1.00 e. The van der Waals surface area contributed by atoms with Crippen molar-refractivity contribution in [1.29, 1.82) is 0 Å². The molecule has 0 saturated carbocycles. The molecule has 4 aliphatic rings. The Hall–Kier alpha value is -3.25. The van der Waals surface area contributed by atoms with Gasteiger partial charge < -0.3 is 24.8 Å². The zero-order valence-electron chi connectivity index (χ0n) is 30.6. The second-order valence-corrected chi connectivity index (χ2v) is 22.0. The molecule has 0 saturated heterocycles. The fraction of sp³-hybridized carbons (Fsp3) is 0.267. The molecule has 0 nitrogen and oxygen atoms in total. The molecular weight excluding hydrogens is 817 g/mol. The van der Waals surface area contributed by atoms with Gasteiger partial charge >= 0.3 is 310 Å². The molecule has 4 aliphatic carbocycles. The third-order valence-electron chi connectivity index (χ3n) is 11.3. The first-order valence-corrected chi connectivity index (χ1v) is 21.5. The summed E-state index contributed by atoms with van der Waals surface area (Å²) in [5, 5.41) is 0. The number of alkyl halides is 6. The van der Waals surface area contributed by atoms with Crippen molar-refractivity contribution in [3.05, 3.63) is 162 Å². The predicted molar refractivity (Wildman–Crippen MR) is 195 cm³/mol. The van der Waals surface area contributed by atoms with E-state index in [2.05, 4.69) is 90.1 Å². The summed E-state index contributed by atoms with van der Waals surface area (Å²) in [6, 6.07) is 19.7. The molecule has 0 spiro atoms. The maximum Gasteiger partial charge on any atom is -1.00 e. The number of benzene rings is 4. The normalized spacial score (nSPS) is 17.2. The van der Waals surface area contributed by atoms with Crippen LogP contribution in [0.25, 0.3) is 22.3 Å². The molecule has 0 unspecified atom stereocenters. The van der Waals surface area contributed by atoms with Crippen LogP contribution in [0.4, 0.5) is 26.3 Å². The van der Waals surface area contributed by atoms with Crippen LogP contribution >= 0.6 is 0 Å². The van der Waals surface area contributed by atoms with Gasteiger partial charge in [0.15, 0.2) is 0 Å². The van der Waals surface area contributed by atoms with E-state index >= 15 is 0 Å². The Morgan fingerprint density at radius 2 is 1.07 bits per heavy atom. The molecule has 4 aromatic rings. The van der Waals surface area contributed by atoms with Gasteiger partial charge in [-0.1, -0.05) is 0 Å². The van der Waals surface area contributed by atoms with E-state index in [1.54, 1.807) is 12.1 Å². The van der Waals surface area contributed by atoms with Crippen molar-refractivity contribution in [3.63, 3.8) is 0 Å². The van der Waals surface area contributed by atoms with Crippen molar-refractivity contribution < 1.29 is 72.4 Å². The monoisotopic (exact) mass is 852 g/mol. The van der Waals surface area contributed by atoms with Gasteiger partial charge in [0.1, 0.15) is 0 Å². The van der Waals surface area contributed by atoms with E-state index in [9.17, 15) is 26.3 Å². The van der Waals surface area contributed by atoms with Gasteiger partial charge in [-0.2, -0.15) is 0 Å². The fourth-order valence-electron chi connectivity index (χ4n) is 9.08. The van der Waals surface area contributed by atoms with Crippen LogP contribution in [0.3, 0.4) is 0 Å². The average molecular weight is 855 g/mol. The number of hydrogen-bond donors (Lipinski definition) is 0. The van der Waals surface area contributed by atoms with Crippen molar-refractivity contribution in [3.8, 4) is 11.1 Å². The zero-order valence-corrected chi connectivity index (χ0v) is 34.6. The van der Waals surface area contributed by atoms with Gasteiger partial charge in [0.25, 0.3) is 0 Å². The molecule has 8 rings (SSSR count). The molecule has 0 radical (unpaired) electrons. The predicted octanol–water partition coefficient (Wildman–Crippen LogP) is 6.92. The Kier molecular flexibility index (Phi) is 10.3. The van der Waals surface area contributed by atoms with E-state index in [1.807, 2.05) is 6.08 Å². The Morgan fingerprint density at radius 1 is 0.630 bits per heavy atom. The standard InChI is InChI=1S/C25H25.C15H8F6.C5H5.2ClH.Zr/c1-14-12-24(3,4)22-8-16-7-17-9-23-19(15(2)13-25(23,5)6)11-21(17)20(16)10-18(14)22;16-14(17,18)12-5-1-3-10(8-12)7-11-4-2-6-13(9-11)15(19,20)21;1-2-4-5-3-1;;;/h7-13H,1-6H3;1-6,8-9H;1-3H,4H2;2*1H;/q;;;;;+2/p-2. The maximum absolute atomic E-state index is 14.3. The van der Waals surface area contributed by atoms with Gasteiger partial charge in [-0.05, 0) is 0 Å². The molecular formula is C45H38Cl2F6Zr. The summed E-state index contributed by atoms with van der Waals surface area (Å²) in [4.78, 5) is 0. The van der Waals surface area contributed by atoms with Crippen LogP contribution in [0, 0.1) is 0 Å². The molecule has 54 heavy (non-hydrogen) atoms. The number of allylic oxidation sites excluding steroid dienone is 8. The van der Waals surface area contributed by atoms with Crippen LogP contribution in [0.15, 0.2) is 106 Å². The second-order valence-electron chi connectivity index (χ2n) is 15.8. The second kappa shape index (κ2) is 13.7. The summed E-state index contributed by atoms with van der Waals surface area (Å²) in [6.45, 7) is 13.1. The van der Waals surface area contributed by atoms with Crippen LogP contribution in [0.2, 0.25) is 0 Å². The fourth-order valence-corrected chi connectivity index (χ4v) is 18.0. The zero-order chi connectivity index (χ0) is 37.1. The van der Waals surface area contributed by atoms with E-state index in [4.69, 9.17) is 0 Å². The van der Waals surface area contributed by atoms with E-state index < -0.39 is 44.7 Å². The summed E-state index contributed by atoms with van der Waals surface area (Å²) in [6.07, 6.45) is 2.08. The van der Waals surface area contributed by atoms with Gasteiger partial charge in [-0.15, -0.1) is 0 Å². The van der Waals surface area contributed by atoms with Crippen molar-refractivity contribution in [1.82, 2.24) is 0 Å². The Bertz CT molecular complexity index is 2240. The Labute approximate surface area is 332 Å². The van der Waals surface area contributed by atoms with E-state index in [-0.39, 0.29) is 39.3 Å². The first-order chi connectivity index (χ1) is 24.3. The maximum atomic E-state index is 14.3. The number of fused-ring (bicyclic) bond motifs is 5. The molecule has 0 atom stereocenters. The van der Waals surface area contributed by atoms with Gasteiger partial charge in [-0.3, -0.25) is 0 Å². The molecule has 0 aliphatic heterocycles. The van der Waals surface area contributed by atoms with E-state index in [0.29, 0.717) is 20.8 Å². The summed E-state index contributed by atoms with van der Waals surface area (Å²) in [5.74, 6) is 0. The molecule has 0 bridgehead atoms. The van der Waals surface area contributed by atoms with Gasteiger partial charge in [-0.25, -0.2) is 0 Å². The number of rotatable bonds is 4. The Balaban J connectivity index is 0.00000249. The van der Waals surface area contributed by atoms with Gasteiger partial charge in [0.2, 0.25) is 0 Å². The van der Waals surface area contributed by atoms with Gasteiger partial charge in [0.05, 0.1) is 0 Å².